The van der Waals surface area contributed by atoms with Crippen LogP contribution < -0.4 is 5.32 Å². The molecule has 0 aliphatic carbocycles. The lowest BCUT2D eigenvalue weighted by molar-refractivity contribution is -0.115. The van der Waals surface area contributed by atoms with E-state index in [0.29, 0.717) is 12.2 Å². The van der Waals surface area contributed by atoms with Crippen LogP contribution in [0.15, 0.2) is 48.5 Å². The van der Waals surface area contributed by atoms with E-state index in [0.717, 1.165) is 23.5 Å². The monoisotopic (exact) mass is 334 g/mol. The Morgan fingerprint density at radius 3 is 2.80 bits per heavy atom. The molecule has 0 saturated carbocycles. The van der Waals surface area contributed by atoms with Crippen molar-refractivity contribution in [3.63, 3.8) is 0 Å². The van der Waals surface area contributed by atoms with E-state index in [1.54, 1.807) is 0 Å². The number of hydrogen-bond donors (Lipinski definition) is 2. The lowest BCUT2D eigenvalue weighted by atomic mass is 10.1. The van der Waals surface area contributed by atoms with Gasteiger partial charge >= 0.3 is 0 Å². The number of H-pyrrole nitrogens is 1. The van der Waals surface area contributed by atoms with E-state index in [-0.39, 0.29) is 12.3 Å². The van der Waals surface area contributed by atoms with Gasteiger partial charge in [0.25, 0.3) is 0 Å². The minimum Gasteiger partial charge on any atom is -0.325 e. The molecule has 128 valence electrons. The molecular weight excluding hydrogens is 312 g/mol. The van der Waals surface area contributed by atoms with E-state index < -0.39 is 0 Å². The Kier molecular flexibility index (Phi) is 5.23. The summed E-state index contributed by atoms with van der Waals surface area (Å²) in [5.41, 5.74) is 4.35. The van der Waals surface area contributed by atoms with Crippen LogP contribution in [0, 0.1) is 6.92 Å². The molecule has 0 aliphatic rings. The van der Waals surface area contributed by atoms with Gasteiger partial charge in [0.2, 0.25) is 5.91 Å². The summed E-state index contributed by atoms with van der Waals surface area (Å²) in [5.74, 6) is 1.17. The third-order valence-corrected chi connectivity index (χ3v) is 4.02. The third kappa shape index (κ3) is 4.53. The quantitative estimate of drug-likeness (QED) is 0.725. The van der Waals surface area contributed by atoms with Gasteiger partial charge in [-0.05, 0) is 30.5 Å². The van der Waals surface area contributed by atoms with Gasteiger partial charge in [-0.1, -0.05) is 55.0 Å². The van der Waals surface area contributed by atoms with Crippen molar-refractivity contribution in [1.82, 2.24) is 15.2 Å². The van der Waals surface area contributed by atoms with Crippen molar-refractivity contribution < 1.29 is 4.79 Å². The van der Waals surface area contributed by atoms with Crippen LogP contribution in [-0.4, -0.2) is 21.1 Å². The topological polar surface area (TPSA) is 70.7 Å². The minimum absolute atomic E-state index is 0.109. The largest absolute Gasteiger partial charge is 0.325 e. The summed E-state index contributed by atoms with van der Waals surface area (Å²) < 4.78 is 0. The third-order valence-electron chi connectivity index (χ3n) is 4.02. The number of nitrogens with one attached hydrogen (secondary N) is 2. The SMILES string of the molecule is CCc1ccccc1NC(=O)Cc1n[nH]c(Cc2cccc(C)c2)n1. The number of para-hydroxylation sites is 1. The van der Waals surface area contributed by atoms with Crippen molar-refractivity contribution >= 4 is 11.6 Å². The molecule has 1 heterocycles. The minimum atomic E-state index is -0.109. The van der Waals surface area contributed by atoms with Crippen LogP contribution in [-0.2, 0) is 24.1 Å². The Hall–Kier alpha value is -2.95. The molecule has 1 aromatic heterocycles. The molecule has 0 fully saturated rings. The molecule has 2 N–H and O–H groups in total. The number of aromatic nitrogens is 3. The predicted octanol–water partition coefficient (Wildman–Crippen LogP) is 3.45. The van der Waals surface area contributed by atoms with E-state index in [4.69, 9.17) is 0 Å². The number of anilines is 1. The zero-order valence-corrected chi connectivity index (χ0v) is 14.5. The highest BCUT2D eigenvalue weighted by molar-refractivity contribution is 5.92. The van der Waals surface area contributed by atoms with Crippen molar-refractivity contribution in [1.29, 1.82) is 0 Å². The maximum Gasteiger partial charge on any atom is 0.232 e. The Balaban J connectivity index is 1.62. The van der Waals surface area contributed by atoms with Gasteiger partial charge in [0.05, 0.1) is 6.42 Å². The van der Waals surface area contributed by atoms with Gasteiger partial charge in [0.1, 0.15) is 5.82 Å². The van der Waals surface area contributed by atoms with Crippen molar-refractivity contribution in [2.24, 2.45) is 0 Å². The first kappa shape index (κ1) is 16.9. The smallest absolute Gasteiger partial charge is 0.232 e. The van der Waals surface area contributed by atoms with Gasteiger partial charge in [-0.2, -0.15) is 5.10 Å². The fourth-order valence-electron chi connectivity index (χ4n) is 2.80. The maximum absolute atomic E-state index is 12.3. The van der Waals surface area contributed by atoms with Crippen molar-refractivity contribution in [3.8, 4) is 0 Å². The molecule has 0 bridgehead atoms. The van der Waals surface area contributed by atoms with Crippen LogP contribution in [0.3, 0.4) is 0 Å². The molecule has 25 heavy (non-hydrogen) atoms. The van der Waals surface area contributed by atoms with Crippen LogP contribution in [0.25, 0.3) is 0 Å². The predicted molar refractivity (Wildman–Crippen MR) is 98.5 cm³/mol. The lowest BCUT2D eigenvalue weighted by Gasteiger charge is -2.08. The normalized spacial score (nSPS) is 10.6. The average molecular weight is 334 g/mol. The van der Waals surface area contributed by atoms with Crippen LogP contribution in [0.5, 0.6) is 0 Å². The number of aromatic amines is 1. The molecule has 3 aromatic rings. The van der Waals surface area contributed by atoms with Gasteiger partial charge in [-0.25, -0.2) is 4.98 Å². The summed E-state index contributed by atoms with van der Waals surface area (Å²) in [7, 11) is 0. The van der Waals surface area contributed by atoms with Gasteiger partial charge < -0.3 is 5.32 Å². The number of rotatable bonds is 6. The standard InChI is InChI=1S/C20H22N4O/c1-3-16-9-4-5-10-17(16)21-20(25)13-19-22-18(23-24-19)12-15-8-6-7-14(2)11-15/h4-11H,3,12-13H2,1-2H3,(H,21,25)(H,22,23,24). The Labute approximate surface area is 147 Å². The summed E-state index contributed by atoms with van der Waals surface area (Å²) in [4.78, 5) is 16.7. The number of nitrogens with zero attached hydrogens (tertiary/aromatic N) is 2. The van der Waals surface area contributed by atoms with Crippen molar-refractivity contribution in [2.45, 2.75) is 33.1 Å². The molecule has 5 heteroatoms. The average Bonchev–Trinajstić information content (AvgIpc) is 3.02. The molecule has 1 amide bonds. The van der Waals surface area contributed by atoms with Crippen molar-refractivity contribution in [3.05, 3.63) is 76.9 Å². The van der Waals surface area contributed by atoms with Crippen LogP contribution in [0.1, 0.15) is 35.3 Å². The highest BCUT2D eigenvalue weighted by Gasteiger charge is 2.11. The summed E-state index contributed by atoms with van der Waals surface area (Å²) in [6.07, 6.45) is 1.70. The van der Waals surface area contributed by atoms with Crippen LogP contribution in [0.2, 0.25) is 0 Å². The summed E-state index contributed by atoms with van der Waals surface area (Å²) >= 11 is 0. The first-order valence-electron chi connectivity index (χ1n) is 8.47. The number of carbonyl (C=O) groups excluding carboxylic acids is 1. The van der Waals surface area contributed by atoms with E-state index in [1.165, 1.54) is 11.1 Å². The number of aryl methyl sites for hydroxylation is 2. The maximum atomic E-state index is 12.3. The van der Waals surface area contributed by atoms with Gasteiger partial charge in [-0.3, -0.25) is 9.89 Å². The molecule has 0 aliphatic heterocycles. The second-order valence-electron chi connectivity index (χ2n) is 6.10. The Morgan fingerprint density at radius 2 is 2.00 bits per heavy atom. The summed E-state index contributed by atoms with van der Waals surface area (Å²) in [6, 6.07) is 16.1. The van der Waals surface area contributed by atoms with E-state index in [2.05, 4.69) is 52.5 Å². The number of benzene rings is 2. The van der Waals surface area contributed by atoms with Gasteiger partial charge in [0, 0.05) is 12.1 Å². The summed E-state index contributed by atoms with van der Waals surface area (Å²) in [5, 5.41) is 10.0. The van der Waals surface area contributed by atoms with Crippen LogP contribution in [0.4, 0.5) is 5.69 Å². The van der Waals surface area contributed by atoms with Gasteiger partial charge in [-0.15, -0.1) is 0 Å². The first-order chi connectivity index (χ1) is 12.1. The second-order valence-corrected chi connectivity index (χ2v) is 6.10. The highest BCUT2D eigenvalue weighted by Crippen LogP contribution is 2.15. The summed E-state index contributed by atoms with van der Waals surface area (Å²) in [6.45, 7) is 4.13. The van der Waals surface area contributed by atoms with Crippen LogP contribution >= 0.6 is 0 Å². The molecule has 0 radical (unpaired) electrons. The zero-order chi connectivity index (χ0) is 17.6. The number of carbonyl (C=O) groups is 1. The molecule has 0 saturated heterocycles. The Bertz CT molecular complexity index is 869. The fraction of sp³-hybridized carbons (Fsp3) is 0.250. The molecule has 0 unspecified atom stereocenters. The Morgan fingerprint density at radius 1 is 1.16 bits per heavy atom. The molecule has 0 spiro atoms. The molecule has 2 aromatic carbocycles. The van der Waals surface area contributed by atoms with Gasteiger partial charge in [0.15, 0.2) is 5.82 Å². The second kappa shape index (κ2) is 7.75. The molecular formula is C20H22N4O. The molecule has 3 rings (SSSR count). The lowest BCUT2D eigenvalue weighted by Crippen LogP contribution is -2.16. The number of hydrogen-bond acceptors (Lipinski definition) is 3. The zero-order valence-electron chi connectivity index (χ0n) is 14.5. The molecule has 5 nitrogen and oxygen atoms in total. The fourth-order valence-corrected chi connectivity index (χ4v) is 2.80. The first-order valence-corrected chi connectivity index (χ1v) is 8.47. The molecule has 0 atom stereocenters. The number of amides is 1. The van der Waals surface area contributed by atoms with E-state index in [9.17, 15) is 4.79 Å². The van der Waals surface area contributed by atoms with E-state index in [1.807, 2.05) is 30.3 Å². The highest BCUT2D eigenvalue weighted by atomic mass is 16.1. The van der Waals surface area contributed by atoms with E-state index >= 15 is 0 Å². The van der Waals surface area contributed by atoms with Crippen molar-refractivity contribution in [2.75, 3.05) is 5.32 Å².